The molecular formula is C34H50N4O16. The van der Waals surface area contributed by atoms with Gasteiger partial charge in [-0.1, -0.05) is 6.07 Å². The second-order valence-electron chi connectivity index (χ2n) is 13.0. The van der Waals surface area contributed by atoms with Crippen molar-refractivity contribution in [1.82, 2.24) is 21.3 Å². The minimum atomic E-state index is -1.98. The summed E-state index contributed by atoms with van der Waals surface area (Å²) >= 11 is 0. The Morgan fingerprint density at radius 3 is 2.11 bits per heavy atom. The Morgan fingerprint density at radius 1 is 0.852 bits per heavy atom. The third-order valence-corrected chi connectivity index (χ3v) is 7.63. The zero-order chi connectivity index (χ0) is 40.7. The second-order valence-corrected chi connectivity index (χ2v) is 13.0. The number of amides is 4. The maximum Gasteiger partial charge on any atom is 0.335 e. The standard InChI is InChI=1S/C34H50N4O16/c1-16(2)36-32(48)22(13-25(41)42)38-31(47)21(37-24(40)15-51-17(3)4)8-6-7-11-35-30(46)20-12-19(14-52-18(5)39)9-10-23(20)53-34-28(45)26(43)27(44)29(54-34)33(49)50/h9-10,12,16-17,21-22,26-29,34,43-45H,6-8,11,13-15H2,1-5H3,(H,35,46)(H,36,48)(H,37,40)(H,38,47)(H,41,42)(H,49,50)/t21-,22-,26-,27-,28+,29-,34+/m0/s1. The van der Waals surface area contributed by atoms with Gasteiger partial charge in [0.25, 0.3) is 5.91 Å². The van der Waals surface area contributed by atoms with Gasteiger partial charge in [-0.2, -0.15) is 0 Å². The van der Waals surface area contributed by atoms with Gasteiger partial charge in [0, 0.05) is 19.5 Å². The number of aliphatic carboxylic acids is 2. The molecule has 1 heterocycles. The van der Waals surface area contributed by atoms with Crippen LogP contribution in [0.5, 0.6) is 5.75 Å². The molecule has 0 bridgehead atoms. The largest absolute Gasteiger partial charge is 0.481 e. The van der Waals surface area contributed by atoms with E-state index >= 15 is 0 Å². The fourth-order valence-corrected chi connectivity index (χ4v) is 4.97. The van der Waals surface area contributed by atoms with Crippen molar-refractivity contribution in [2.75, 3.05) is 13.2 Å². The molecule has 9 N–H and O–H groups in total. The Hall–Kier alpha value is -4.89. The van der Waals surface area contributed by atoms with Gasteiger partial charge in [-0.3, -0.25) is 28.8 Å². The minimum absolute atomic E-state index is 0.00181. The van der Waals surface area contributed by atoms with Gasteiger partial charge in [-0.15, -0.1) is 0 Å². The van der Waals surface area contributed by atoms with Crippen LogP contribution in [-0.2, 0) is 49.6 Å². The third-order valence-electron chi connectivity index (χ3n) is 7.63. The van der Waals surface area contributed by atoms with Crippen molar-refractivity contribution in [3.63, 3.8) is 0 Å². The van der Waals surface area contributed by atoms with Crippen molar-refractivity contribution < 1.29 is 78.0 Å². The molecule has 302 valence electrons. The molecule has 1 aromatic carbocycles. The van der Waals surface area contributed by atoms with Gasteiger partial charge in [0.1, 0.15) is 49.4 Å². The summed E-state index contributed by atoms with van der Waals surface area (Å²) in [5.74, 6) is -6.72. The molecule has 1 aromatic rings. The molecule has 1 aliphatic rings. The Morgan fingerprint density at radius 2 is 1.52 bits per heavy atom. The molecule has 20 heteroatoms. The average Bonchev–Trinajstić information content (AvgIpc) is 3.08. The molecule has 0 radical (unpaired) electrons. The number of ether oxygens (including phenoxy) is 4. The smallest absolute Gasteiger partial charge is 0.335 e. The summed E-state index contributed by atoms with van der Waals surface area (Å²) in [5.41, 5.74) is 0.183. The van der Waals surface area contributed by atoms with Crippen LogP contribution in [0.3, 0.4) is 0 Å². The van der Waals surface area contributed by atoms with Crippen molar-refractivity contribution in [3.8, 4) is 5.75 Å². The number of carboxylic acids is 2. The van der Waals surface area contributed by atoms with Crippen LogP contribution in [0.2, 0.25) is 0 Å². The number of unbranched alkanes of at least 4 members (excludes halogenated alkanes) is 1. The van der Waals surface area contributed by atoms with E-state index in [-0.39, 0.29) is 62.5 Å². The van der Waals surface area contributed by atoms with Crippen LogP contribution >= 0.6 is 0 Å². The molecule has 1 saturated heterocycles. The molecular weight excluding hydrogens is 720 g/mol. The monoisotopic (exact) mass is 770 g/mol. The molecule has 0 aromatic heterocycles. The number of nitrogens with one attached hydrogen (secondary N) is 4. The highest BCUT2D eigenvalue weighted by atomic mass is 16.7. The lowest BCUT2D eigenvalue weighted by atomic mass is 9.99. The highest BCUT2D eigenvalue weighted by molar-refractivity contribution is 5.97. The maximum atomic E-state index is 13.4. The summed E-state index contributed by atoms with van der Waals surface area (Å²) in [6.45, 7) is 7.31. The quantitative estimate of drug-likeness (QED) is 0.0498. The Bertz CT molecular complexity index is 1490. The molecule has 0 saturated carbocycles. The Kier molecular flexibility index (Phi) is 18.2. The van der Waals surface area contributed by atoms with Crippen molar-refractivity contribution in [3.05, 3.63) is 29.3 Å². The van der Waals surface area contributed by atoms with E-state index in [9.17, 15) is 59.1 Å². The zero-order valence-corrected chi connectivity index (χ0v) is 30.6. The fraction of sp³-hybridized carbons (Fsp3) is 0.618. The molecule has 0 aliphatic carbocycles. The molecule has 2 rings (SSSR count). The maximum absolute atomic E-state index is 13.4. The van der Waals surface area contributed by atoms with Crippen LogP contribution in [0, 0.1) is 0 Å². The van der Waals surface area contributed by atoms with Crippen LogP contribution in [0.15, 0.2) is 18.2 Å². The molecule has 1 aliphatic heterocycles. The average molecular weight is 771 g/mol. The number of benzene rings is 1. The number of carbonyl (C=O) groups is 7. The summed E-state index contributed by atoms with van der Waals surface area (Å²) in [5, 5.41) is 59.4. The molecule has 54 heavy (non-hydrogen) atoms. The highest BCUT2D eigenvalue weighted by Crippen LogP contribution is 2.28. The third kappa shape index (κ3) is 14.9. The van der Waals surface area contributed by atoms with Crippen molar-refractivity contribution in [2.24, 2.45) is 0 Å². The molecule has 20 nitrogen and oxygen atoms in total. The zero-order valence-electron chi connectivity index (χ0n) is 30.6. The minimum Gasteiger partial charge on any atom is -0.481 e. The number of carbonyl (C=O) groups excluding carboxylic acids is 5. The number of hydrogen-bond donors (Lipinski definition) is 9. The second kappa shape index (κ2) is 21.7. The van der Waals surface area contributed by atoms with Crippen LogP contribution < -0.4 is 26.0 Å². The summed E-state index contributed by atoms with van der Waals surface area (Å²) < 4.78 is 21.1. The van der Waals surface area contributed by atoms with Crippen LogP contribution in [0.25, 0.3) is 0 Å². The topological polar surface area (TPSA) is 306 Å². The predicted octanol–water partition coefficient (Wildman–Crippen LogP) is -1.69. The van der Waals surface area contributed by atoms with E-state index in [0.717, 1.165) is 0 Å². The van der Waals surface area contributed by atoms with Crippen LogP contribution in [-0.4, -0.2) is 135 Å². The highest BCUT2D eigenvalue weighted by Gasteiger charge is 2.48. The molecule has 0 unspecified atom stereocenters. The Labute approximate surface area is 310 Å². The van der Waals surface area contributed by atoms with Crippen molar-refractivity contribution in [1.29, 1.82) is 0 Å². The first-order valence-electron chi connectivity index (χ1n) is 17.2. The van der Waals surface area contributed by atoms with Gasteiger partial charge in [-0.05, 0) is 64.7 Å². The lowest BCUT2D eigenvalue weighted by Crippen LogP contribution is -2.61. The first-order chi connectivity index (χ1) is 25.3. The molecule has 7 atom stereocenters. The number of rotatable bonds is 21. The van der Waals surface area contributed by atoms with Crippen molar-refractivity contribution >= 4 is 41.5 Å². The van der Waals surface area contributed by atoms with E-state index < -0.39 is 90.7 Å². The van der Waals surface area contributed by atoms with E-state index in [2.05, 4.69) is 21.3 Å². The lowest BCUT2D eigenvalue weighted by Gasteiger charge is -2.38. The molecule has 0 spiro atoms. The van der Waals surface area contributed by atoms with E-state index in [1.54, 1.807) is 27.7 Å². The number of aliphatic hydroxyl groups is 3. The van der Waals surface area contributed by atoms with Gasteiger partial charge in [0.05, 0.1) is 18.1 Å². The van der Waals surface area contributed by atoms with Gasteiger partial charge in [0.15, 0.2) is 6.10 Å². The van der Waals surface area contributed by atoms with Gasteiger partial charge < -0.3 is 65.7 Å². The number of esters is 1. The van der Waals surface area contributed by atoms with E-state index in [0.29, 0.717) is 5.56 Å². The van der Waals surface area contributed by atoms with Crippen LogP contribution in [0.1, 0.15) is 76.2 Å². The number of hydrogen-bond acceptors (Lipinski definition) is 14. The number of carboxylic acid groups (broad SMARTS) is 2. The van der Waals surface area contributed by atoms with Gasteiger partial charge in [0.2, 0.25) is 24.0 Å². The SMILES string of the molecule is CC(=O)OCc1ccc(O[C@@H]2O[C@H](C(=O)O)[C@@H](O)[C@H](O)[C@H]2O)c(C(=O)NCCCC[C@H](NC(=O)COC(C)C)C(=O)N[C@@H](CC(=O)O)C(=O)NC(C)C)c1. The summed E-state index contributed by atoms with van der Waals surface area (Å²) in [6.07, 6.45) is -10.2. The number of aliphatic hydroxyl groups excluding tert-OH is 3. The Balaban J connectivity index is 2.18. The van der Waals surface area contributed by atoms with E-state index in [1.165, 1.54) is 25.1 Å². The van der Waals surface area contributed by atoms with E-state index in [1.807, 2.05) is 0 Å². The summed E-state index contributed by atoms with van der Waals surface area (Å²) in [7, 11) is 0. The molecule has 4 amide bonds. The normalized spacial score (nSPS) is 20.7. The van der Waals surface area contributed by atoms with Gasteiger partial charge >= 0.3 is 17.9 Å². The van der Waals surface area contributed by atoms with E-state index in [4.69, 9.17) is 18.9 Å². The van der Waals surface area contributed by atoms with Crippen LogP contribution in [0.4, 0.5) is 0 Å². The predicted molar refractivity (Wildman–Crippen MR) is 184 cm³/mol. The first-order valence-corrected chi connectivity index (χ1v) is 17.2. The first kappa shape index (κ1) is 45.3. The van der Waals surface area contributed by atoms with Gasteiger partial charge in [-0.25, -0.2) is 4.79 Å². The molecule has 1 fully saturated rings. The van der Waals surface area contributed by atoms with Crippen molar-refractivity contribution in [2.45, 2.75) is 122 Å². The fourth-order valence-electron chi connectivity index (χ4n) is 4.97. The summed E-state index contributed by atoms with van der Waals surface area (Å²) in [6, 6.07) is 1.01. The summed E-state index contributed by atoms with van der Waals surface area (Å²) in [4.78, 5) is 86.1. The lowest BCUT2D eigenvalue weighted by molar-refractivity contribution is -0.271.